The van der Waals surface area contributed by atoms with Crippen LogP contribution in [0.5, 0.6) is 5.75 Å². The number of amides is 4. The number of urea groups is 1. The number of carbonyl (C=O) groups excluding carboxylic acids is 4. The second-order valence-electron chi connectivity index (χ2n) is 17.2. The molecule has 11 heteroatoms. The number of aromatic nitrogens is 1. The smallest absolute Gasteiger partial charge is 0.319 e. The Hall–Kier alpha value is -7.27. The third-order valence-electron chi connectivity index (χ3n) is 11.9. The highest BCUT2D eigenvalue weighted by atomic mass is 16.5. The number of phenols is 1. The average Bonchev–Trinajstić information content (AvgIpc) is 3.34. The molecule has 2 N–H and O–H groups in total. The van der Waals surface area contributed by atoms with Gasteiger partial charge in [-0.05, 0) is 92.8 Å². The van der Waals surface area contributed by atoms with Gasteiger partial charge in [0.2, 0.25) is 11.8 Å². The summed E-state index contributed by atoms with van der Waals surface area (Å²) in [5.74, 6) is -0.991. The fourth-order valence-corrected chi connectivity index (χ4v) is 8.38. The van der Waals surface area contributed by atoms with E-state index in [4.69, 9.17) is 4.74 Å². The molecule has 3 heterocycles. The lowest BCUT2D eigenvalue weighted by atomic mass is 9.88. The van der Waals surface area contributed by atoms with Crippen LogP contribution in [0.25, 0.3) is 17.0 Å². The van der Waals surface area contributed by atoms with Gasteiger partial charge >= 0.3 is 12.0 Å². The molecule has 1 aromatic heterocycles. The first-order valence-corrected chi connectivity index (χ1v) is 23.7. The van der Waals surface area contributed by atoms with E-state index in [9.17, 15) is 24.3 Å². The van der Waals surface area contributed by atoms with Gasteiger partial charge in [-0.2, -0.15) is 0 Å². The third-order valence-corrected chi connectivity index (χ3v) is 11.9. The molecular formula is C57H65N5O6. The summed E-state index contributed by atoms with van der Waals surface area (Å²) in [6.45, 7) is 4.11. The molecule has 354 valence electrons. The van der Waals surface area contributed by atoms with Gasteiger partial charge in [-0.25, -0.2) is 4.79 Å². The number of phenolic OH excluding ortho intramolecular Hbond substituents is 1. The molecular weight excluding hydrogens is 851 g/mol. The van der Waals surface area contributed by atoms with E-state index >= 15 is 0 Å². The minimum Gasteiger partial charge on any atom is -0.508 e. The number of hydrogen-bond donors (Lipinski definition) is 2. The normalized spacial score (nSPS) is 19.1. The van der Waals surface area contributed by atoms with Crippen molar-refractivity contribution in [1.29, 1.82) is 0 Å². The van der Waals surface area contributed by atoms with Crippen molar-refractivity contribution in [2.75, 3.05) is 13.2 Å². The lowest BCUT2D eigenvalue weighted by Crippen LogP contribution is -2.77. The Labute approximate surface area is 401 Å². The lowest BCUT2D eigenvalue weighted by molar-refractivity contribution is -0.178. The minimum absolute atomic E-state index is 0.00967. The molecule has 0 spiro atoms. The maximum Gasteiger partial charge on any atom is 0.319 e. The summed E-state index contributed by atoms with van der Waals surface area (Å²) in [6, 6.07) is 24.1. The van der Waals surface area contributed by atoms with Crippen molar-refractivity contribution < 1.29 is 29.0 Å². The highest BCUT2D eigenvalue weighted by molar-refractivity contribution is 5.94. The summed E-state index contributed by atoms with van der Waals surface area (Å²) in [6.07, 6.45) is 35.8. The van der Waals surface area contributed by atoms with Crippen molar-refractivity contribution in [3.63, 3.8) is 0 Å². The second-order valence-corrected chi connectivity index (χ2v) is 17.2. The summed E-state index contributed by atoms with van der Waals surface area (Å²) in [5.41, 5.74) is 1.98. The SMILES string of the molecule is CC/C=C\C/C=C\C/C=C\C/C=C\C/C=C\C/C=C\CCC(=O)OC[C@]1(C)CC(=O)N2C(/C=C/c3ccc(O)cc3)C(=O)N(Cc3cccc4ncccc34)CC2N1C(=O)NCc1ccccc1. The van der Waals surface area contributed by atoms with Crippen molar-refractivity contribution in [2.45, 2.75) is 102 Å². The van der Waals surface area contributed by atoms with Crippen LogP contribution in [0, 0.1) is 0 Å². The van der Waals surface area contributed by atoms with Gasteiger partial charge in [0.1, 0.15) is 24.6 Å². The number of rotatable bonds is 22. The van der Waals surface area contributed by atoms with E-state index in [1.165, 1.54) is 4.90 Å². The lowest BCUT2D eigenvalue weighted by Gasteiger charge is -2.57. The van der Waals surface area contributed by atoms with E-state index in [0.717, 1.165) is 60.6 Å². The molecule has 0 saturated carbocycles. The maximum absolute atomic E-state index is 14.7. The molecule has 6 rings (SSSR count). The fourth-order valence-electron chi connectivity index (χ4n) is 8.38. The Bertz CT molecular complexity index is 2500. The molecule has 3 atom stereocenters. The Morgan fingerprint density at radius 1 is 0.794 bits per heavy atom. The van der Waals surface area contributed by atoms with Crippen LogP contribution in [-0.2, 0) is 32.2 Å². The number of nitrogens with one attached hydrogen (secondary N) is 1. The van der Waals surface area contributed by atoms with Crippen LogP contribution in [0.1, 0.15) is 88.3 Å². The van der Waals surface area contributed by atoms with Crippen molar-refractivity contribution in [2.24, 2.45) is 0 Å². The van der Waals surface area contributed by atoms with Gasteiger partial charge in [0, 0.05) is 31.1 Å². The van der Waals surface area contributed by atoms with E-state index in [1.54, 1.807) is 59.3 Å². The summed E-state index contributed by atoms with van der Waals surface area (Å²) < 4.78 is 5.91. The van der Waals surface area contributed by atoms with E-state index in [2.05, 4.69) is 78.0 Å². The van der Waals surface area contributed by atoms with Crippen LogP contribution in [0.4, 0.5) is 4.79 Å². The zero-order valence-corrected chi connectivity index (χ0v) is 39.4. The number of aromatic hydroxyl groups is 1. The molecule has 0 aliphatic carbocycles. The number of allylic oxidation sites excluding steroid dienone is 12. The van der Waals surface area contributed by atoms with Gasteiger partial charge in [0.25, 0.3) is 0 Å². The van der Waals surface area contributed by atoms with Crippen LogP contribution < -0.4 is 5.32 Å². The number of piperazine rings is 1. The molecule has 2 unspecified atom stereocenters. The minimum atomic E-state index is -1.26. The van der Waals surface area contributed by atoms with E-state index in [-0.39, 0.29) is 56.6 Å². The first-order chi connectivity index (χ1) is 33.2. The Balaban J connectivity index is 1.12. The molecule has 68 heavy (non-hydrogen) atoms. The van der Waals surface area contributed by atoms with Gasteiger partial charge in [-0.1, -0.05) is 153 Å². The monoisotopic (exact) mass is 915 g/mol. The van der Waals surface area contributed by atoms with Gasteiger partial charge in [0.15, 0.2) is 0 Å². The number of benzene rings is 3. The molecule has 4 aromatic rings. The third kappa shape index (κ3) is 14.6. The number of carbonyl (C=O) groups is 4. The van der Waals surface area contributed by atoms with E-state index in [0.29, 0.717) is 12.0 Å². The van der Waals surface area contributed by atoms with Gasteiger partial charge in [0.05, 0.1) is 24.0 Å². The zero-order valence-electron chi connectivity index (χ0n) is 39.4. The molecule has 11 nitrogen and oxygen atoms in total. The van der Waals surface area contributed by atoms with Crippen molar-refractivity contribution in [1.82, 2.24) is 25.0 Å². The highest BCUT2D eigenvalue weighted by Crippen LogP contribution is 2.37. The van der Waals surface area contributed by atoms with E-state index in [1.807, 2.05) is 72.8 Å². The molecule has 3 aromatic carbocycles. The standard InChI is InChI=1S/C57H65N5O6/c1-3-4-5-6-7-8-9-10-11-12-13-14-15-16-17-18-19-20-24-32-54(65)68-44-57(2)40-53(64)61-51(38-35-45-33-36-48(63)37-34-45)55(66)60(42-47-29-25-31-50-49(47)30-26-39-58-50)43-52(61)62(57)56(67)59-41-46-27-22-21-23-28-46/h4-5,7-8,10-11,13-14,16-17,19-23,25-31,33-39,51-52,63H,3,6,9,12,15,18,24,32,40-44H2,1-2H3,(H,59,67)/b5-4-,8-7-,11-10-,14-13-,17-16-,20-19-,38-35+/t51?,52?,57-/m0/s1. The first kappa shape index (κ1) is 50.1. The van der Waals surface area contributed by atoms with Crippen molar-refractivity contribution >= 4 is 40.8 Å². The summed E-state index contributed by atoms with van der Waals surface area (Å²) in [7, 11) is 0. The van der Waals surface area contributed by atoms with Crippen LogP contribution in [0.2, 0.25) is 0 Å². The number of esters is 1. The maximum atomic E-state index is 14.7. The highest BCUT2D eigenvalue weighted by Gasteiger charge is 2.56. The second kappa shape index (κ2) is 26.2. The topological polar surface area (TPSA) is 132 Å². The van der Waals surface area contributed by atoms with E-state index < -0.39 is 29.7 Å². The summed E-state index contributed by atoms with van der Waals surface area (Å²) >= 11 is 0. The molecule has 0 bridgehead atoms. The number of fused-ring (bicyclic) bond motifs is 2. The molecule has 4 amide bonds. The predicted molar refractivity (Wildman–Crippen MR) is 271 cm³/mol. The Kier molecular flexibility index (Phi) is 19.3. The fraction of sp³-hybridized carbons (Fsp3) is 0.316. The first-order valence-electron chi connectivity index (χ1n) is 23.7. The molecule has 2 saturated heterocycles. The van der Waals surface area contributed by atoms with Crippen LogP contribution in [-0.4, -0.2) is 79.5 Å². The Morgan fingerprint density at radius 2 is 1.44 bits per heavy atom. The summed E-state index contributed by atoms with van der Waals surface area (Å²) in [4.78, 5) is 66.4. The largest absolute Gasteiger partial charge is 0.508 e. The number of ether oxygens (including phenoxy) is 1. The molecule has 2 aliphatic rings. The average molecular weight is 916 g/mol. The molecule has 2 aliphatic heterocycles. The number of pyridine rings is 1. The predicted octanol–water partition coefficient (Wildman–Crippen LogP) is 10.9. The van der Waals surface area contributed by atoms with Gasteiger partial charge in [-0.3, -0.25) is 24.3 Å². The quantitative estimate of drug-likeness (QED) is 0.0593. The van der Waals surface area contributed by atoms with Crippen LogP contribution >= 0.6 is 0 Å². The summed E-state index contributed by atoms with van der Waals surface area (Å²) in [5, 5.41) is 13.8. The van der Waals surface area contributed by atoms with Gasteiger partial charge < -0.3 is 25.0 Å². The van der Waals surface area contributed by atoms with Gasteiger partial charge in [-0.15, -0.1) is 0 Å². The molecule has 0 radical (unpaired) electrons. The number of hydrogen-bond acceptors (Lipinski definition) is 7. The Morgan fingerprint density at radius 3 is 2.10 bits per heavy atom. The van der Waals surface area contributed by atoms with Crippen molar-refractivity contribution in [3.05, 3.63) is 187 Å². The zero-order chi connectivity index (χ0) is 48.0. The number of nitrogens with zero attached hydrogens (tertiary/aromatic N) is 4. The van der Waals surface area contributed by atoms with Crippen LogP contribution in [0.15, 0.2) is 170 Å². The molecule has 2 fully saturated rings. The van der Waals surface area contributed by atoms with Crippen LogP contribution in [0.3, 0.4) is 0 Å². The van der Waals surface area contributed by atoms with Crippen molar-refractivity contribution in [3.8, 4) is 5.75 Å².